The zero-order chi connectivity index (χ0) is 18.1. The van der Waals surface area contributed by atoms with Crippen molar-refractivity contribution in [3.05, 3.63) is 56.6 Å². The lowest BCUT2D eigenvalue weighted by Crippen LogP contribution is -2.33. The molecule has 2 aromatic heterocycles. The van der Waals surface area contributed by atoms with Gasteiger partial charge in [0, 0.05) is 30.0 Å². The summed E-state index contributed by atoms with van der Waals surface area (Å²) in [7, 11) is 1.56. The molecule has 0 bridgehead atoms. The van der Waals surface area contributed by atoms with E-state index in [0.717, 1.165) is 29.7 Å². The largest absolute Gasteiger partial charge is 0.481 e. The molecule has 0 atom stereocenters. The van der Waals surface area contributed by atoms with Crippen molar-refractivity contribution in [1.82, 2.24) is 14.9 Å². The Labute approximate surface area is 146 Å². The first-order chi connectivity index (χ1) is 11.9. The van der Waals surface area contributed by atoms with Crippen molar-refractivity contribution in [3.8, 4) is 5.88 Å². The Morgan fingerprint density at radius 1 is 1.32 bits per heavy atom. The van der Waals surface area contributed by atoms with Crippen molar-refractivity contribution < 1.29 is 9.53 Å². The fourth-order valence-corrected chi connectivity index (χ4v) is 3.03. The second kappa shape index (κ2) is 6.70. The number of nitrogens with zero attached hydrogens (tertiary/aromatic N) is 2. The molecule has 6 heteroatoms. The third kappa shape index (κ3) is 3.43. The predicted octanol–water partition coefficient (Wildman–Crippen LogP) is 2.44. The van der Waals surface area contributed by atoms with Crippen molar-refractivity contribution in [1.29, 1.82) is 0 Å². The first kappa shape index (κ1) is 17.2. The summed E-state index contributed by atoms with van der Waals surface area (Å²) in [5, 5.41) is 2.85. The highest BCUT2D eigenvalue weighted by Crippen LogP contribution is 2.33. The lowest BCUT2D eigenvalue weighted by molar-refractivity contribution is 0.0948. The third-order valence-corrected chi connectivity index (χ3v) is 4.55. The number of pyridine rings is 2. The van der Waals surface area contributed by atoms with Gasteiger partial charge in [-0.2, -0.15) is 0 Å². The molecular formula is C19H23N3O3. The van der Waals surface area contributed by atoms with E-state index < -0.39 is 0 Å². The average Bonchev–Trinajstić information content (AvgIpc) is 3.38. The van der Waals surface area contributed by atoms with Crippen LogP contribution in [0.3, 0.4) is 0 Å². The first-order valence-corrected chi connectivity index (χ1v) is 8.43. The van der Waals surface area contributed by atoms with E-state index in [2.05, 4.69) is 10.3 Å². The Morgan fingerprint density at radius 3 is 2.68 bits per heavy atom. The van der Waals surface area contributed by atoms with E-state index in [1.54, 1.807) is 24.8 Å². The van der Waals surface area contributed by atoms with E-state index in [9.17, 15) is 9.59 Å². The highest BCUT2D eigenvalue weighted by molar-refractivity contribution is 5.95. The maximum atomic E-state index is 12.6. The number of carbonyl (C=O) groups is 1. The number of ether oxygens (including phenoxy) is 1. The van der Waals surface area contributed by atoms with Crippen LogP contribution >= 0.6 is 0 Å². The minimum Gasteiger partial charge on any atom is -0.481 e. The van der Waals surface area contributed by atoms with Crippen LogP contribution in [-0.4, -0.2) is 22.6 Å². The van der Waals surface area contributed by atoms with Gasteiger partial charge in [-0.05, 0) is 56.9 Å². The Morgan fingerprint density at radius 2 is 2.04 bits per heavy atom. The molecule has 0 unspecified atom stereocenters. The number of rotatable bonds is 5. The molecule has 0 saturated heterocycles. The molecule has 2 aromatic rings. The van der Waals surface area contributed by atoms with E-state index in [1.807, 2.05) is 26.0 Å². The molecule has 1 aliphatic carbocycles. The quantitative estimate of drug-likeness (QED) is 0.906. The van der Waals surface area contributed by atoms with Crippen LogP contribution in [0.4, 0.5) is 0 Å². The lowest BCUT2D eigenvalue weighted by Gasteiger charge is -2.14. The van der Waals surface area contributed by atoms with Crippen LogP contribution in [0.25, 0.3) is 0 Å². The van der Waals surface area contributed by atoms with E-state index in [4.69, 9.17) is 4.74 Å². The summed E-state index contributed by atoms with van der Waals surface area (Å²) >= 11 is 0. The van der Waals surface area contributed by atoms with Gasteiger partial charge in [-0.1, -0.05) is 0 Å². The van der Waals surface area contributed by atoms with E-state index in [1.165, 1.54) is 0 Å². The molecule has 2 heterocycles. The molecule has 6 nitrogen and oxygen atoms in total. The number of nitrogens with one attached hydrogen (secondary N) is 1. The molecular weight excluding hydrogens is 318 g/mol. The van der Waals surface area contributed by atoms with Crippen LogP contribution in [0.2, 0.25) is 0 Å². The van der Waals surface area contributed by atoms with Crippen LogP contribution in [0.15, 0.2) is 23.1 Å². The molecule has 1 aliphatic rings. The molecule has 3 rings (SSSR count). The number of aryl methyl sites for hydroxylation is 3. The van der Waals surface area contributed by atoms with Crippen LogP contribution in [0, 0.1) is 20.8 Å². The molecule has 0 radical (unpaired) electrons. The fraction of sp³-hybridized carbons (Fsp3) is 0.421. The zero-order valence-corrected chi connectivity index (χ0v) is 15.0. The van der Waals surface area contributed by atoms with Gasteiger partial charge >= 0.3 is 0 Å². The Bertz CT molecular complexity index is 882. The molecule has 1 fully saturated rings. The normalized spacial score (nSPS) is 13.6. The minimum atomic E-state index is -0.362. The third-order valence-electron chi connectivity index (χ3n) is 4.55. The van der Waals surface area contributed by atoms with E-state index in [0.29, 0.717) is 11.4 Å². The standard InChI is InChI=1S/C19H23N3O3/c1-11-7-8-22(14-5-6-14)19(24)16(11)17(23)20-10-15-12(2)9-13(3)21-18(15)25-4/h7-9,14H,5-6,10H2,1-4H3,(H,20,23). The molecule has 0 aromatic carbocycles. The first-order valence-electron chi connectivity index (χ1n) is 8.43. The smallest absolute Gasteiger partial charge is 0.263 e. The molecule has 1 amide bonds. The fourth-order valence-electron chi connectivity index (χ4n) is 3.03. The van der Waals surface area contributed by atoms with Gasteiger partial charge in [-0.15, -0.1) is 0 Å². The van der Waals surface area contributed by atoms with Gasteiger partial charge in [0.25, 0.3) is 11.5 Å². The number of amides is 1. The lowest BCUT2D eigenvalue weighted by atomic mass is 10.1. The summed E-state index contributed by atoms with van der Waals surface area (Å²) in [6.45, 7) is 5.89. The van der Waals surface area contributed by atoms with Gasteiger partial charge in [0.15, 0.2) is 0 Å². The Kier molecular flexibility index (Phi) is 4.61. The van der Waals surface area contributed by atoms with Gasteiger partial charge in [-0.25, -0.2) is 4.98 Å². The van der Waals surface area contributed by atoms with Gasteiger partial charge in [0.2, 0.25) is 5.88 Å². The predicted molar refractivity (Wildman–Crippen MR) is 95.1 cm³/mol. The number of hydrogen-bond acceptors (Lipinski definition) is 4. The summed E-state index contributed by atoms with van der Waals surface area (Å²) < 4.78 is 6.99. The second-order valence-corrected chi connectivity index (χ2v) is 6.57. The number of methoxy groups -OCH3 is 1. The van der Waals surface area contributed by atoms with Gasteiger partial charge in [0.1, 0.15) is 5.56 Å². The molecule has 25 heavy (non-hydrogen) atoms. The van der Waals surface area contributed by atoms with Gasteiger partial charge < -0.3 is 14.6 Å². The van der Waals surface area contributed by atoms with E-state index in [-0.39, 0.29) is 29.6 Å². The van der Waals surface area contributed by atoms with Crippen molar-refractivity contribution in [2.45, 2.75) is 46.2 Å². The molecule has 132 valence electrons. The highest BCUT2D eigenvalue weighted by Gasteiger charge is 2.27. The molecule has 1 saturated carbocycles. The van der Waals surface area contributed by atoms with Crippen molar-refractivity contribution >= 4 is 5.91 Å². The van der Waals surface area contributed by atoms with Crippen LogP contribution in [0.5, 0.6) is 5.88 Å². The zero-order valence-electron chi connectivity index (χ0n) is 15.0. The summed E-state index contributed by atoms with van der Waals surface area (Å²) in [6.07, 6.45) is 3.77. The number of aromatic nitrogens is 2. The van der Waals surface area contributed by atoms with Crippen LogP contribution < -0.4 is 15.6 Å². The van der Waals surface area contributed by atoms with Crippen LogP contribution in [-0.2, 0) is 6.54 Å². The van der Waals surface area contributed by atoms with Crippen LogP contribution in [0.1, 0.15) is 51.6 Å². The highest BCUT2D eigenvalue weighted by atomic mass is 16.5. The minimum absolute atomic E-state index is 0.214. The van der Waals surface area contributed by atoms with Gasteiger partial charge in [-0.3, -0.25) is 9.59 Å². The molecule has 0 spiro atoms. The second-order valence-electron chi connectivity index (χ2n) is 6.57. The Balaban J connectivity index is 1.85. The van der Waals surface area contributed by atoms with Crippen molar-refractivity contribution in [2.24, 2.45) is 0 Å². The van der Waals surface area contributed by atoms with Crippen molar-refractivity contribution in [2.75, 3.05) is 7.11 Å². The Hall–Kier alpha value is -2.63. The summed E-state index contributed by atoms with van der Waals surface area (Å²) in [5.41, 5.74) is 3.35. The average molecular weight is 341 g/mol. The monoisotopic (exact) mass is 341 g/mol. The summed E-state index contributed by atoms with van der Waals surface area (Å²) in [5.74, 6) is 0.137. The molecule has 0 aliphatic heterocycles. The molecule has 1 N–H and O–H groups in total. The SMILES string of the molecule is COc1nc(C)cc(C)c1CNC(=O)c1c(C)ccn(C2CC2)c1=O. The van der Waals surface area contributed by atoms with E-state index >= 15 is 0 Å². The topological polar surface area (TPSA) is 73.2 Å². The summed E-state index contributed by atoms with van der Waals surface area (Å²) in [6, 6.07) is 4.01. The maximum Gasteiger partial charge on any atom is 0.263 e. The summed E-state index contributed by atoms with van der Waals surface area (Å²) in [4.78, 5) is 29.6. The number of carbonyl (C=O) groups excluding carboxylic acids is 1. The maximum absolute atomic E-state index is 12.6. The van der Waals surface area contributed by atoms with Gasteiger partial charge in [0.05, 0.1) is 7.11 Å². The number of hydrogen-bond donors (Lipinski definition) is 1. The van der Waals surface area contributed by atoms with Crippen molar-refractivity contribution in [3.63, 3.8) is 0 Å².